The molecule has 4 rings (SSSR count). The summed E-state index contributed by atoms with van der Waals surface area (Å²) in [6.07, 6.45) is 1.47. The highest BCUT2D eigenvalue weighted by Gasteiger charge is 2.17. The van der Waals surface area contributed by atoms with E-state index in [1.54, 1.807) is 12.1 Å². The van der Waals surface area contributed by atoms with Gasteiger partial charge < -0.3 is 9.84 Å². The Morgan fingerprint density at radius 1 is 1.15 bits per heavy atom. The number of nitrogens with zero attached hydrogens (tertiary/aromatic N) is 4. The molecule has 0 bridgehead atoms. The number of phenols is 1. The normalized spacial score (nSPS) is 11.0. The molecule has 0 saturated carbocycles. The minimum atomic E-state index is -0.296. The van der Waals surface area contributed by atoms with Crippen LogP contribution in [0, 0.1) is 0 Å². The second kappa shape index (κ2) is 11.0. The number of para-hydroxylation sites is 1. The van der Waals surface area contributed by atoms with Gasteiger partial charge in [0, 0.05) is 11.3 Å². The van der Waals surface area contributed by atoms with E-state index in [1.807, 2.05) is 65.2 Å². The Hall–Kier alpha value is -3.63. The number of hydrogen-bond acceptors (Lipinski definition) is 7. The molecule has 0 radical (unpaired) electrons. The number of phenolic OH excluding ortho intramolecular Hbond substituents is 1. The molecular weight excluding hydrogens is 518 g/mol. The molecule has 0 aliphatic rings. The van der Waals surface area contributed by atoms with Crippen LogP contribution in [0.1, 0.15) is 5.56 Å². The number of carbonyl (C=O) groups excluding carboxylic acids is 1. The van der Waals surface area contributed by atoms with Crippen molar-refractivity contribution in [2.24, 2.45) is 5.10 Å². The molecule has 10 heteroatoms. The third kappa shape index (κ3) is 5.46. The Kier molecular flexibility index (Phi) is 7.61. The second-order valence-corrected chi connectivity index (χ2v) is 8.78. The first-order valence-electron chi connectivity index (χ1n) is 10.1. The fourth-order valence-electron chi connectivity index (χ4n) is 3.11. The van der Waals surface area contributed by atoms with Gasteiger partial charge in [0.25, 0.3) is 5.91 Å². The Bertz CT molecular complexity index is 1310. The first-order valence-corrected chi connectivity index (χ1v) is 11.9. The van der Waals surface area contributed by atoms with Crippen LogP contribution in [0.3, 0.4) is 0 Å². The number of amides is 1. The Morgan fingerprint density at radius 2 is 1.85 bits per heavy atom. The molecule has 1 amide bonds. The van der Waals surface area contributed by atoms with Crippen LogP contribution in [-0.4, -0.2) is 44.9 Å². The lowest BCUT2D eigenvalue weighted by Gasteiger charge is -2.10. The Morgan fingerprint density at radius 3 is 2.56 bits per heavy atom. The van der Waals surface area contributed by atoms with Crippen molar-refractivity contribution in [1.29, 1.82) is 0 Å². The number of hydrazone groups is 1. The van der Waals surface area contributed by atoms with Crippen LogP contribution in [0.25, 0.3) is 17.1 Å². The van der Waals surface area contributed by atoms with Gasteiger partial charge in [0.1, 0.15) is 0 Å². The maximum atomic E-state index is 12.4. The molecule has 8 nitrogen and oxygen atoms in total. The van der Waals surface area contributed by atoms with E-state index in [9.17, 15) is 9.90 Å². The number of rotatable bonds is 8. The van der Waals surface area contributed by atoms with Gasteiger partial charge in [-0.2, -0.15) is 5.10 Å². The molecule has 0 fully saturated rings. The van der Waals surface area contributed by atoms with Gasteiger partial charge in [0.05, 0.1) is 23.5 Å². The zero-order chi connectivity index (χ0) is 23.9. The number of thioether (sulfide) groups is 1. The van der Waals surface area contributed by atoms with Crippen molar-refractivity contribution in [2.45, 2.75) is 5.16 Å². The minimum Gasteiger partial charge on any atom is -0.503 e. The number of nitrogens with one attached hydrogen (secondary N) is 1. The summed E-state index contributed by atoms with van der Waals surface area (Å²) in [5.74, 6) is 0.791. The number of ether oxygens (including phenoxy) is 1. The molecule has 3 aromatic carbocycles. The molecule has 4 aromatic rings. The average molecular weight is 538 g/mol. The molecule has 0 aliphatic carbocycles. The van der Waals surface area contributed by atoms with Crippen molar-refractivity contribution < 1.29 is 14.6 Å². The van der Waals surface area contributed by atoms with E-state index in [1.165, 1.54) is 25.1 Å². The number of carbonyl (C=O) groups is 1. The van der Waals surface area contributed by atoms with Gasteiger partial charge in [-0.15, -0.1) is 10.2 Å². The van der Waals surface area contributed by atoms with Gasteiger partial charge in [-0.1, -0.05) is 60.3 Å². The van der Waals surface area contributed by atoms with E-state index in [0.717, 1.165) is 11.3 Å². The number of aromatic nitrogens is 3. The summed E-state index contributed by atoms with van der Waals surface area (Å²) in [6.45, 7) is 0. The second-order valence-electron chi connectivity index (χ2n) is 6.98. The fourth-order valence-corrected chi connectivity index (χ4v) is 4.32. The van der Waals surface area contributed by atoms with Crippen LogP contribution in [0.5, 0.6) is 11.5 Å². The quantitative estimate of drug-likeness (QED) is 0.192. The van der Waals surface area contributed by atoms with E-state index < -0.39 is 0 Å². The SMILES string of the molecule is COc1cc(/C=N/NC(=O)CSc2nnc(-c3ccccc3)n2-c2ccccc2)cc(Br)c1O. The lowest BCUT2D eigenvalue weighted by molar-refractivity contribution is -0.118. The van der Waals surface area contributed by atoms with Crippen molar-refractivity contribution in [2.75, 3.05) is 12.9 Å². The fraction of sp³-hybridized carbons (Fsp3) is 0.0833. The molecule has 1 heterocycles. The zero-order valence-electron chi connectivity index (χ0n) is 18.1. The van der Waals surface area contributed by atoms with Gasteiger partial charge in [0.15, 0.2) is 22.5 Å². The molecule has 0 aliphatic heterocycles. The van der Waals surface area contributed by atoms with Crippen LogP contribution < -0.4 is 10.2 Å². The van der Waals surface area contributed by atoms with Crippen LogP contribution in [-0.2, 0) is 4.79 Å². The first-order chi connectivity index (χ1) is 16.6. The van der Waals surface area contributed by atoms with Crippen molar-refractivity contribution >= 4 is 39.8 Å². The summed E-state index contributed by atoms with van der Waals surface area (Å²) in [7, 11) is 1.46. The molecule has 2 N–H and O–H groups in total. The van der Waals surface area contributed by atoms with Gasteiger partial charge in [-0.3, -0.25) is 9.36 Å². The van der Waals surface area contributed by atoms with Crippen LogP contribution in [0.4, 0.5) is 0 Å². The lowest BCUT2D eigenvalue weighted by Crippen LogP contribution is -2.20. The monoisotopic (exact) mass is 537 g/mol. The predicted molar refractivity (Wildman–Crippen MR) is 136 cm³/mol. The summed E-state index contributed by atoms with van der Waals surface area (Å²) >= 11 is 4.52. The summed E-state index contributed by atoms with van der Waals surface area (Å²) in [4.78, 5) is 12.4. The van der Waals surface area contributed by atoms with Gasteiger partial charge in [-0.25, -0.2) is 5.43 Å². The van der Waals surface area contributed by atoms with E-state index in [0.29, 0.717) is 26.8 Å². The zero-order valence-corrected chi connectivity index (χ0v) is 20.5. The highest BCUT2D eigenvalue weighted by Crippen LogP contribution is 2.34. The van der Waals surface area contributed by atoms with E-state index in [-0.39, 0.29) is 17.4 Å². The first kappa shape index (κ1) is 23.5. The third-order valence-corrected chi connectivity index (χ3v) is 6.22. The minimum absolute atomic E-state index is 0.00233. The smallest absolute Gasteiger partial charge is 0.250 e. The largest absolute Gasteiger partial charge is 0.503 e. The summed E-state index contributed by atoms with van der Waals surface area (Å²) in [5, 5.41) is 23.2. The molecule has 0 spiro atoms. The topological polar surface area (TPSA) is 102 Å². The van der Waals surface area contributed by atoms with E-state index in [4.69, 9.17) is 4.74 Å². The van der Waals surface area contributed by atoms with Crippen LogP contribution in [0.2, 0.25) is 0 Å². The van der Waals surface area contributed by atoms with Gasteiger partial charge in [-0.05, 0) is 45.8 Å². The number of hydrogen-bond donors (Lipinski definition) is 2. The summed E-state index contributed by atoms with van der Waals surface area (Å²) in [5.41, 5.74) is 4.98. The highest BCUT2D eigenvalue weighted by molar-refractivity contribution is 9.10. The molecule has 172 valence electrons. The molecule has 0 atom stereocenters. The number of halogens is 1. The molecular formula is C24H20BrN5O3S. The van der Waals surface area contributed by atoms with Crippen molar-refractivity contribution in [3.63, 3.8) is 0 Å². The van der Waals surface area contributed by atoms with E-state index in [2.05, 4.69) is 36.7 Å². The number of aromatic hydroxyl groups is 1. The highest BCUT2D eigenvalue weighted by atomic mass is 79.9. The third-order valence-electron chi connectivity index (χ3n) is 4.69. The number of methoxy groups -OCH3 is 1. The predicted octanol–water partition coefficient (Wildman–Crippen LogP) is 4.65. The lowest BCUT2D eigenvalue weighted by atomic mass is 10.2. The van der Waals surface area contributed by atoms with Gasteiger partial charge in [0.2, 0.25) is 0 Å². The van der Waals surface area contributed by atoms with E-state index >= 15 is 0 Å². The van der Waals surface area contributed by atoms with Crippen molar-refractivity contribution in [1.82, 2.24) is 20.2 Å². The Balaban J connectivity index is 1.47. The number of benzene rings is 3. The van der Waals surface area contributed by atoms with Crippen molar-refractivity contribution in [3.05, 3.63) is 82.8 Å². The molecule has 0 saturated heterocycles. The van der Waals surface area contributed by atoms with Crippen molar-refractivity contribution in [3.8, 4) is 28.6 Å². The van der Waals surface area contributed by atoms with Gasteiger partial charge >= 0.3 is 0 Å². The maximum absolute atomic E-state index is 12.4. The summed E-state index contributed by atoms with van der Waals surface area (Å²) < 4.78 is 7.51. The molecule has 0 unspecified atom stereocenters. The summed E-state index contributed by atoms with van der Waals surface area (Å²) in [6, 6.07) is 22.8. The molecule has 1 aromatic heterocycles. The maximum Gasteiger partial charge on any atom is 0.250 e. The van der Waals surface area contributed by atoms with Crippen LogP contribution >= 0.6 is 27.7 Å². The van der Waals surface area contributed by atoms with Crippen LogP contribution in [0.15, 0.2) is 87.5 Å². The average Bonchev–Trinajstić information content (AvgIpc) is 3.30. The Labute approximate surface area is 208 Å². The molecule has 34 heavy (non-hydrogen) atoms. The standard InChI is InChI=1S/C24H20BrN5O3S/c1-33-20-13-16(12-19(25)22(20)32)14-26-27-21(31)15-34-24-29-28-23(17-8-4-2-5-9-17)30(24)18-10-6-3-7-11-18/h2-14,32H,15H2,1H3,(H,27,31)/b26-14+.